The Kier molecular flexibility index (Phi) is 3.67. The van der Waals surface area contributed by atoms with Gasteiger partial charge in [0.25, 0.3) is 0 Å². The molecule has 0 amide bonds. The van der Waals surface area contributed by atoms with Gasteiger partial charge in [0.15, 0.2) is 17.8 Å². The van der Waals surface area contributed by atoms with Crippen LogP contribution >= 0.6 is 0 Å². The van der Waals surface area contributed by atoms with Gasteiger partial charge in [-0.3, -0.25) is 4.79 Å². The summed E-state index contributed by atoms with van der Waals surface area (Å²) in [6.07, 6.45) is 7.16. The summed E-state index contributed by atoms with van der Waals surface area (Å²) in [5.74, 6) is 0.794. The quantitative estimate of drug-likeness (QED) is 0.556. The van der Waals surface area contributed by atoms with Crippen molar-refractivity contribution in [2.75, 3.05) is 0 Å². The summed E-state index contributed by atoms with van der Waals surface area (Å²) in [5, 5.41) is 20.2. The highest BCUT2D eigenvalue weighted by Crippen LogP contribution is 2.66. The largest absolute Gasteiger partial charge is 0.504 e. The van der Waals surface area contributed by atoms with E-state index in [1.54, 1.807) is 6.07 Å². The Balaban J connectivity index is 1.86. The number of phenols is 2. The number of hydrogen-bond donors (Lipinski definition) is 2. The minimum absolute atomic E-state index is 0.0107. The molecule has 2 saturated carbocycles. The lowest BCUT2D eigenvalue weighted by molar-refractivity contribution is -0.184. The number of carbonyl (C=O) groups excluding carboxylic acids is 1. The van der Waals surface area contributed by atoms with E-state index in [9.17, 15) is 15.0 Å². The van der Waals surface area contributed by atoms with Gasteiger partial charge in [0.05, 0.1) is 0 Å². The third kappa shape index (κ3) is 2.04. The summed E-state index contributed by atoms with van der Waals surface area (Å²) in [6, 6.07) is 1.58. The van der Waals surface area contributed by atoms with E-state index in [0.29, 0.717) is 30.3 Å². The molecule has 0 saturated heterocycles. The van der Waals surface area contributed by atoms with Crippen LogP contribution in [0.4, 0.5) is 0 Å². The van der Waals surface area contributed by atoms with Crippen molar-refractivity contribution in [1.29, 1.82) is 0 Å². The summed E-state index contributed by atoms with van der Waals surface area (Å²) in [6.45, 7) is 9.40. The zero-order valence-electron chi connectivity index (χ0n) is 16.3. The van der Waals surface area contributed by atoms with Crippen LogP contribution in [0.2, 0.25) is 0 Å². The van der Waals surface area contributed by atoms with Gasteiger partial charge in [0, 0.05) is 17.4 Å². The summed E-state index contributed by atoms with van der Waals surface area (Å²) in [7, 11) is 0. The molecule has 4 atom stereocenters. The van der Waals surface area contributed by atoms with Gasteiger partial charge in [0.1, 0.15) is 16.9 Å². The summed E-state index contributed by atoms with van der Waals surface area (Å²) in [5.41, 5.74) is 0.838. The monoisotopic (exact) mass is 358 g/mol. The van der Waals surface area contributed by atoms with Gasteiger partial charge < -0.3 is 14.9 Å². The lowest BCUT2D eigenvalue weighted by Gasteiger charge is -2.63. The Morgan fingerprint density at radius 1 is 1.19 bits per heavy atom. The van der Waals surface area contributed by atoms with Crippen molar-refractivity contribution in [3.05, 3.63) is 17.2 Å². The summed E-state index contributed by atoms with van der Waals surface area (Å²) in [4.78, 5) is 11.6. The summed E-state index contributed by atoms with van der Waals surface area (Å²) < 4.78 is 6.67. The molecular formula is C22H30O4. The lowest BCUT2D eigenvalue weighted by Crippen LogP contribution is -2.64. The average molecular weight is 358 g/mol. The molecule has 0 bridgehead atoms. The highest BCUT2D eigenvalue weighted by molar-refractivity contribution is 5.86. The number of fused-ring (bicyclic) bond motifs is 3. The van der Waals surface area contributed by atoms with E-state index in [-0.39, 0.29) is 33.5 Å². The zero-order chi connectivity index (χ0) is 18.9. The molecule has 4 nitrogen and oxygen atoms in total. The van der Waals surface area contributed by atoms with Crippen molar-refractivity contribution >= 4 is 6.29 Å². The fourth-order valence-electron chi connectivity index (χ4n) is 6.72. The maximum absolute atomic E-state index is 11.6. The first-order valence-corrected chi connectivity index (χ1v) is 9.88. The van der Waals surface area contributed by atoms with Crippen LogP contribution in [0.3, 0.4) is 0 Å². The van der Waals surface area contributed by atoms with Crippen molar-refractivity contribution in [1.82, 2.24) is 0 Å². The van der Waals surface area contributed by atoms with Crippen LogP contribution < -0.4 is 4.74 Å². The Bertz CT molecular complexity index is 768. The number of rotatable bonds is 1. The maximum atomic E-state index is 11.6. The molecule has 1 aliphatic heterocycles. The number of ether oxygens (including phenoxy) is 1. The molecule has 0 unspecified atom stereocenters. The van der Waals surface area contributed by atoms with Gasteiger partial charge in [-0.2, -0.15) is 0 Å². The Hall–Kier alpha value is -1.71. The lowest BCUT2D eigenvalue weighted by atomic mass is 9.44. The van der Waals surface area contributed by atoms with Gasteiger partial charge in [-0.15, -0.1) is 0 Å². The predicted octanol–water partition coefficient (Wildman–Crippen LogP) is 4.85. The fourth-order valence-corrected chi connectivity index (χ4v) is 6.72. The first-order valence-electron chi connectivity index (χ1n) is 9.88. The molecule has 3 aliphatic rings. The summed E-state index contributed by atoms with van der Waals surface area (Å²) >= 11 is 0. The molecule has 0 radical (unpaired) electrons. The minimum atomic E-state index is -0.381. The van der Waals surface area contributed by atoms with E-state index >= 15 is 0 Å². The third-order valence-corrected chi connectivity index (χ3v) is 8.08. The Morgan fingerprint density at radius 3 is 2.62 bits per heavy atom. The second-order valence-electron chi connectivity index (χ2n) is 9.72. The number of carbonyl (C=O) groups is 1. The van der Waals surface area contributed by atoms with Crippen LogP contribution in [0.1, 0.15) is 75.7 Å². The Morgan fingerprint density at radius 2 is 1.92 bits per heavy atom. The Labute approximate surface area is 155 Å². The van der Waals surface area contributed by atoms with E-state index < -0.39 is 0 Å². The number of benzene rings is 1. The smallest absolute Gasteiger partial charge is 0.171 e. The molecule has 1 aromatic carbocycles. The molecule has 1 spiro atoms. The van der Waals surface area contributed by atoms with E-state index in [0.717, 1.165) is 18.4 Å². The maximum Gasteiger partial charge on any atom is 0.171 e. The van der Waals surface area contributed by atoms with E-state index in [1.807, 2.05) is 0 Å². The molecule has 1 aromatic rings. The van der Waals surface area contributed by atoms with Crippen molar-refractivity contribution in [3.63, 3.8) is 0 Å². The van der Waals surface area contributed by atoms with Gasteiger partial charge in [-0.1, -0.05) is 34.1 Å². The number of hydrogen-bond acceptors (Lipinski definition) is 4. The van der Waals surface area contributed by atoms with Crippen LogP contribution in [-0.2, 0) is 6.42 Å². The van der Waals surface area contributed by atoms with Crippen molar-refractivity contribution in [2.45, 2.75) is 71.8 Å². The molecule has 142 valence electrons. The highest BCUT2D eigenvalue weighted by atomic mass is 16.5. The van der Waals surface area contributed by atoms with E-state index in [4.69, 9.17) is 4.74 Å². The van der Waals surface area contributed by atoms with Crippen molar-refractivity contribution < 1.29 is 19.7 Å². The predicted molar refractivity (Wildman–Crippen MR) is 99.8 cm³/mol. The average Bonchev–Trinajstić information content (AvgIpc) is 2.94. The van der Waals surface area contributed by atoms with Gasteiger partial charge in [-0.05, 0) is 49.0 Å². The van der Waals surface area contributed by atoms with Gasteiger partial charge in [-0.25, -0.2) is 0 Å². The highest BCUT2D eigenvalue weighted by Gasteiger charge is 2.65. The van der Waals surface area contributed by atoms with Crippen LogP contribution in [0.15, 0.2) is 6.07 Å². The van der Waals surface area contributed by atoms with Crippen LogP contribution in [0.5, 0.6) is 17.2 Å². The number of phenolic OH excluding ortho intramolecular Hbond substituents is 2. The second-order valence-corrected chi connectivity index (χ2v) is 9.72. The minimum Gasteiger partial charge on any atom is -0.504 e. The molecule has 1 heterocycles. The third-order valence-electron chi connectivity index (χ3n) is 8.08. The normalized spacial score (nSPS) is 37.7. The number of aldehydes is 1. The first-order chi connectivity index (χ1) is 12.2. The molecule has 26 heavy (non-hydrogen) atoms. The standard InChI is InChI=1S/C22H30O4/c1-13-6-7-17-20(2,3)8-5-9-21(17,4)22(13)11-14-10-16(24)18(25)15(12-23)19(14)26-22/h10,12-13,17,24-25H,5-9,11H2,1-4H3/t13-,17-,21-,22-/m0/s1. The second kappa shape index (κ2) is 5.40. The molecule has 2 N–H and O–H groups in total. The van der Waals surface area contributed by atoms with Crippen molar-refractivity contribution in [2.24, 2.45) is 22.7 Å². The SMILES string of the molecule is C[C@H]1CC[C@H]2C(C)(C)CCC[C@]2(C)[C@]12Cc1cc(O)c(O)c(C=O)c1O2. The van der Waals surface area contributed by atoms with Crippen molar-refractivity contribution in [3.8, 4) is 17.2 Å². The molecular weight excluding hydrogens is 328 g/mol. The first kappa shape index (κ1) is 17.7. The van der Waals surface area contributed by atoms with Crippen LogP contribution in [0, 0.1) is 22.7 Å². The van der Waals surface area contributed by atoms with Gasteiger partial charge >= 0.3 is 0 Å². The van der Waals surface area contributed by atoms with E-state index in [2.05, 4.69) is 27.7 Å². The van der Waals surface area contributed by atoms with Gasteiger partial charge in [0.2, 0.25) is 0 Å². The molecule has 0 aromatic heterocycles. The molecule has 2 fully saturated rings. The fraction of sp³-hybridized carbons (Fsp3) is 0.682. The number of aromatic hydroxyl groups is 2. The van der Waals surface area contributed by atoms with Crippen LogP contribution in [0.25, 0.3) is 0 Å². The molecule has 2 aliphatic carbocycles. The van der Waals surface area contributed by atoms with Crippen LogP contribution in [-0.4, -0.2) is 22.1 Å². The van der Waals surface area contributed by atoms with E-state index in [1.165, 1.54) is 19.3 Å². The topological polar surface area (TPSA) is 66.8 Å². The zero-order valence-corrected chi connectivity index (χ0v) is 16.3. The molecule has 4 rings (SSSR count). The molecule has 4 heteroatoms.